The van der Waals surface area contributed by atoms with E-state index in [1.54, 1.807) is 0 Å². The van der Waals surface area contributed by atoms with E-state index in [-0.39, 0.29) is 37.5 Å². The first-order valence-corrected chi connectivity index (χ1v) is 26.3. The Labute approximate surface area is 383 Å². The van der Waals surface area contributed by atoms with E-state index < -0.39 is 6.10 Å². The molecule has 0 aliphatic heterocycles. The van der Waals surface area contributed by atoms with Crippen LogP contribution in [0.4, 0.5) is 0 Å². The van der Waals surface area contributed by atoms with Crippen LogP contribution >= 0.6 is 0 Å². The minimum Gasteiger partial charge on any atom is -0.462 e. The van der Waals surface area contributed by atoms with Crippen LogP contribution in [0.1, 0.15) is 258 Å². The van der Waals surface area contributed by atoms with Crippen molar-refractivity contribution in [2.75, 3.05) is 13.2 Å². The molecule has 6 heteroatoms. The predicted octanol–water partition coefficient (Wildman–Crippen LogP) is 17.3. The fraction of sp³-hybridized carbons (Fsp3) is 0.768. The van der Waals surface area contributed by atoms with E-state index in [9.17, 15) is 14.4 Å². The van der Waals surface area contributed by atoms with Crippen LogP contribution in [-0.2, 0) is 28.6 Å². The molecule has 0 rings (SSSR count). The van der Waals surface area contributed by atoms with Gasteiger partial charge in [0.05, 0.1) is 0 Å². The Balaban J connectivity index is 4.41. The van der Waals surface area contributed by atoms with E-state index in [0.717, 1.165) is 57.8 Å². The average Bonchev–Trinajstić information content (AvgIpc) is 3.27. The van der Waals surface area contributed by atoms with Gasteiger partial charge in [0.15, 0.2) is 6.10 Å². The molecule has 0 N–H and O–H groups in total. The maximum absolute atomic E-state index is 12.8. The maximum atomic E-state index is 12.8. The largest absolute Gasteiger partial charge is 0.462 e. The zero-order valence-electron chi connectivity index (χ0n) is 40.9. The summed E-state index contributed by atoms with van der Waals surface area (Å²) in [6.07, 6.45) is 62.3. The lowest BCUT2D eigenvalue weighted by Crippen LogP contribution is -2.30. The number of hydrogen-bond donors (Lipinski definition) is 0. The molecule has 6 nitrogen and oxygen atoms in total. The molecule has 0 aromatic rings. The van der Waals surface area contributed by atoms with Crippen LogP contribution in [0.25, 0.3) is 0 Å². The summed E-state index contributed by atoms with van der Waals surface area (Å²) in [5, 5.41) is 0. The average molecular weight is 867 g/mol. The standard InChI is InChI=1S/C56H98O6/c1-4-7-10-13-16-19-21-23-25-27-29-30-32-34-37-40-43-46-49-55(58)61-52-53(51-60-54(57)48-45-42-39-36-18-15-12-9-6-3)62-56(59)50-47-44-41-38-35-33-31-28-26-24-22-20-17-14-11-8-5-2/h24,26,29-31,33,36,38-39,41,53H,4-23,25,27-28,32,34-35,37,40,42-52H2,1-3H3/b26-24-,30-29-,33-31-,39-36-,41-38-. The zero-order valence-corrected chi connectivity index (χ0v) is 40.9. The molecule has 0 saturated carbocycles. The van der Waals surface area contributed by atoms with Crippen molar-refractivity contribution in [1.29, 1.82) is 0 Å². The summed E-state index contributed by atoms with van der Waals surface area (Å²) < 4.78 is 16.7. The fourth-order valence-corrected chi connectivity index (χ4v) is 7.22. The number of hydrogen-bond acceptors (Lipinski definition) is 6. The van der Waals surface area contributed by atoms with E-state index in [4.69, 9.17) is 14.2 Å². The Bertz CT molecular complexity index is 1130. The molecule has 0 aromatic carbocycles. The highest BCUT2D eigenvalue weighted by Crippen LogP contribution is 2.13. The second-order valence-corrected chi connectivity index (χ2v) is 17.4. The van der Waals surface area contributed by atoms with E-state index in [1.165, 1.54) is 148 Å². The van der Waals surface area contributed by atoms with Gasteiger partial charge in [-0.25, -0.2) is 0 Å². The minimum atomic E-state index is -0.813. The zero-order chi connectivity index (χ0) is 45.1. The van der Waals surface area contributed by atoms with Crippen LogP contribution in [0, 0.1) is 0 Å². The van der Waals surface area contributed by atoms with Crippen LogP contribution < -0.4 is 0 Å². The number of rotatable bonds is 47. The number of unbranched alkanes of at least 4 members (excludes halogenated alkanes) is 26. The summed E-state index contributed by atoms with van der Waals surface area (Å²) >= 11 is 0. The van der Waals surface area contributed by atoms with Crippen molar-refractivity contribution in [2.45, 2.75) is 264 Å². The van der Waals surface area contributed by atoms with Crippen LogP contribution in [0.15, 0.2) is 60.8 Å². The Morgan fingerprint density at radius 1 is 0.323 bits per heavy atom. The van der Waals surface area contributed by atoms with Crippen LogP contribution in [0.5, 0.6) is 0 Å². The van der Waals surface area contributed by atoms with Crippen molar-refractivity contribution in [1.82, 2.24) is 0 Å². The van der Waals surface area contributed by atoms with Gasteiger partial charge in [0.1, 0.15) is 13.2 Å². The van der Waals surface area contributed by atoms with Crippen molar-refractivity contribution < 1.29 is 28.6 Å². The summed E-state index contributed by atoms with van der Waals surface area (Å²) in [6, 6.07) is 0. The topological polar surface area (TPSA) is 78.9 Å². The van der Waals surface area contributed by atoms with Gasteiger partial charge in [0.25, 0.3) is 0 Å². The minimum absolute atomic E-state index is 0.107. The van der Waals surface area contributed by atoms with E-state index in [2.05, 4.69) is 81.5 Å². The summed E-state index contributed by atoms with van der Waals surface area (Å²) in [7, 11) is 0. The van der Waals surface area contributed by atoms with Crippen molar-refractivity contribution in [3.8, 4) is 0 Å². The van der Waals surface area contributed by atoms with Gasteiger partial charge >= 0.3 is 17.9 Å². The summed E-state index contributed by atoms with van der Waals surface area (Å²) in [6.45, 7) is 6.53. The normalized spacial score (nSPS) is 12.5. The number of esters is 3. The third kappa shape index (κ3) is 48.1. The lowest BCUT2D eigenvalue weighted by Gasteiger charge is -2.18. The van der Waals surface area contributed by atoms with Gasteiger partial charge in [-0.1, -0.05) is 204 Å². The molecule has 0 radical (unpaired) electrons. The molecule has 0 aliphatic rings. The van der Waals surface area contributed by atoms with Crippen molar-refractivity contribution in [3.63, 3.8) is 0 Å². The maximum Gasteiger partial charge on any atom is 0.306 e. The molecule has 0 aliphatic carbocycles. The molecule has 0 heterocycles. The van der Waals surface area contributed by atoms with Crippen molar-refractivity contribution in [2.24, 2.45) is 0 Å². The Hall–Kier alpha value is -2.89. The van der Waals surface area contributed by atoms with Crippen molar-refractivity contribution >= 4 is 17.9 Å². The first-order valence-electron chi connectivity index (χ1n) is 26.3. The van der Waals surface area contributed by atoms with Crippen LogP contribution in [0.2, 0.25) is 0 Å². The third-order valence-corrected chi connectivity index (χ3v) is 11.2. The lowest BCUT2D eigenvalue weighted by atomic mass is 10.1. The molecule has 1 unspecified atom stereocenters. The van der Waals surface area contributed by atoms with Gasteiger partial charge < -0.3 is 14.2 Å². The fourth-order valence-electron chi connectivity index (χ4n) is 7.22. The van der Waals surface area contributed by atoms with Crippen LogP contribution in [-0.4, -0.2) is 37.2 Å². The molecule has 0 bridgehead atoms. The molecule has 0 saturated heterocycles. The van der Waals surface area contributed by atoms with Crippen LogP contribution in [0.3, 0.4) is 0 Å². The van der Waals surface area contributed by atoms with E-state index in [0.29, 0.717) is 25.7 Å². The first kappa shape index (κ1) is 59.1. The Morgan fingerprint density at radius 3 is 1.00 bits per heavy atom. The first-order chi connectivity index (χ1) is 30.5. The highest BCUT2D eigenvalue weighted by Gasteiger charge is 2.19. The van der Waals surface area contributed by atoms with Gasteiger partial charge in [-0.05, 0) is 96.3 Å². The Kier molecular flexibility index (Phi) is 48.4. The second kappa shape index (κ2) is 50.8. The molecule has 358 valence electrons. The summed E-state index contributed by atoms with van der Waals surface area (Å²) in [5.74, 6) is -1.00. The molecule has 0 aromatic heterocycles. The molecule has 0 fully saturated rings. The number of ether oxygens (including phenoxy) is 3. The molecular formula is C56H98O6. The summed E-state index contributed by atoms with van der Waals surface area (Å²) in [5.41, 5.74) is 0. The SMILES string of the molecule is CCCCCC/C=C\CCCC(=O)OCC(COC(=O)CCCCCCC/C=C\CCCCCCCCCCC)OC(=O)CCC/C=C\C/C=C\C/C=C\CCCCCCCC. The highest BCUT2D eigenvalue weighted by molar-refractivity contribution is 5.71. The van der Waals surface area contributed by atoms with Gasteiger partial charge in [0.2, 0.25) is 0 Å². The highest BCUT2D eigenvalue weighted by atomic mass is 16.6. The number of carbonyl (C=O) groups excluding carboxylic acids is 3. The molecule has 0 amide bonds. The third-order valence-electron chi connectivity index (χ3n) is 11.2. The molecule has 0 spiro atoms. The molecule has 1 atom stereocenters. The van der Waals surface area contributed by atoms with E-state index in [1.807, 2.05) is 0 Å². The Morgan fingerprint density at radius 2 is 0.597 bits per heavy atom. The van der Waals surface area contributed by atoms with Gasteiger partial charge in [-0.15, -0.1) is 0 Å². The summed E-state index contributed by atoms with van der Waals surface area (Å²) in [4.78, 5) is 37.8. The molecular weight excluding hydrogens is 769 g/mol. The number of carbonyl (C=O) groups is 3. The monoisotopic (exact) mass is 867 g/mol. The lowest BCUT2D eigenvalue weighted by molar-refractivity contribution is -0.167. The van der Waals surface area contributed by atoms with Crippen molar-refractivity contribution in [3.05, 3.63) is 60.8 Å². The predicted molar refractivity (Wildman–Crippen MR) is 265 cm³/mol. The smallest absolute Gasteiger partial charge is 0.306 e. The number of allylic oxidation sites excluding steroid dienone is 10. The van der Waals surface area contributed by atoms with E-state index >= 15 is 0 Å². The second-order valence-electron chi connectivity index (χ2n) is 17.4. The molecule has 62 heavy (non-hydrogen) atoms. The van der Waals surface area contributed by atoms with Gasteiger partial charge in [-0.2, -0.15) is 0 Å². The quantitative estimate of drug-likeness (QED) is 0.0262. The van der Waals surface area contributed by atoms with Gasteiger partial charge in [-0.3, -0.25) is 14.4 Å². The van der Waals surface area contributed by atoms with Gasteiger partial charge in [0, 0.05) is 19.3 Å².